The van der Waals surface area contributed by atoms with Crippen LogP contribution >= 0.6 is 0 Å². The summed E-state index contributed by atoms with van der Waals surface area (Å²) in [6.07, 6.45) is 2.98. The van der Waals surface area contributed by atoms with Crippen molar-refractivity contribution in [2.45, 2.75) is 17.7 Å². The number of sulfonamides is 1. The molecule has 144 valence electrons. The van der Waals surface area contributed by atoms with Crippen molar-refractivity contribution in [1.82, 2.24) is 14.5 Å². The molecule has 4 rings (SSSR count). The van der Waals surface area contributed by atoms with E-state index >= 15 is 0 Å². The number of hydrogen-bond acceptors (Lipinski definition) is 6. The maximum absolute atomic E-state index is 12.7. The molecule has 0 spiro atoms. The molecule has 0 unspecified atom stereocenters. The van der Waals surface area contributed by atoms with Gasteiger partial charge in [-0.05, 0) is 55.3 Å². The lowest BCUT2D eigenvalue weighted by atomic mass is 10.1. The number of aromatic nitrogens is 2. The Morgan fingerprint density at radius 1 is 1.07 bits per heavy atom. The van der Waals surface area contributed by atoms with Crippen molar-refractivity contribution in [2.24, 2.45) is 0 Å². The molecule has 1 saturated heterocycles. The van der Waals surface area contributed by atoms with Gasteiger partial charge in [-0.1, -0.05) is 6.07 Å². The number of rotatable bonds is 5. The number of amides is 1. The van der Waals surface area contributed by atoms with Crippen molar-refractivity contribution >= 4 is 21.6 Å². The summed E-state index contributed by atoms with van der Waals surface area (Å²) in [4.78, 5) is 12.7. The molecule has 1 fully saturated rings. The number of nitrogens with zero attached hydrogens (tertiary/aromatic N) is 3. The highest BCUT2D eigenvalue weighted by Crippen LogP contribution is 2.23. The first-order valence-corrected chi connectivity index (χ1v) is 10.3. The van der Waals surface area contributed by atoms with Crippen LogP contribution in [-0.4, -0.2) is 41.9 Å². The lowest BCUT2D eigenvalue weighted by molar-refractivity contribution is 0.102. The average molecular weight is 398 g/mol. The standard InChI is InChI=1S/C19H18N4O4S/c24-18(14-6-8-15(9-7-14)19-22-20-13-27-19)21-16-4-3-5-17(12-16)28(25,26)23-10-1-2-11-23/h3-9,12-13H,1-2,10-11H2,(H,21,24). The summed E-state index contributed by atoms with van der Waals surface area (Å²) in [6, 6.07) is 13.0. The summed E-state index contributed by atoms with van der Waals surface area (Å²) in [5.74, 6) is 0.0274. The third-order valence-electron chi connectivity index (χ3n) is 4.55. The minimum atomic E-state index is -3.53. The van der Waals surface area contributed by atoms with Crippen LogP contribution in [-0.2, 0) is 10.0 Å². The van der Waals surface area contributed by atoms with Crippen LogP contribution in [0.1, 0.15) is 23.2 Å². The van der Waals surface area contributed by atoms with Gasteiger partial charge < -0.3 is 9.73 Å². The summed E-state index contributed by atoms with van der Waals surface area (Å²) in [5, 5.41) is 10.2. The second-order valence-corrected chi connectivity index (χ2v) is 8.35. The van der Waals surface area contributed by atoms with E-state index in [9.17, 15) is 13.2 Å². The topological polar surface area (TPSA) is 105 Å². The van der Waals surface area contributed by atoms with Crippen molar-refractivity contribution in [3.8, 4) is 11.5 Å². The van der Waals surface area contributed by atoms with Crippen molar-refractivity contribution in [1.29, 1.82) is 0 Å². The van der Waals surface area contributed by atoms with E-state index in [1.165, 1.54) is 16.8 Å². The Kier molecular flexibility index (Phi) is 4.93. The average Bonchev–Trinajstić information content (AvgIpc) is 3.42. The molecule has 1 aliphatic heterocycles. The largest absolute Gasteiger partial charge is 0.423 e. The lowest BCUT2D eigenvalue weighted by Gasteiger charge is -2.16. The SMILES string of the molecule is O=C(Nc1cccc(S(=O)(=O)N2CCCC2)c1)c1ccc(-c2nnco2)cc1. The smallest absolute Gasteiger partial charge is 0.255 e. The molecule has 0 saturated carbocycles. The molecule has 3 aromatic rings. The predicted octanol–water partition coefficient (Wildman–Crippen LogP) is 2.77. The highest BCUT2D eigenvalue weighted by atomic mass is 32.2. The van der Waals surface area contributed by atoms with Crippen LogP contribution in [0.3, 0.4) is 0 Å². The molecule has 2 heterocycles. The Bertz CT molecular complexity index is 1070. The van der Waals surface area contributed by atoms with Gasteiger partial charge in [-0.15, -0.1) is 10.2 Å². The molecule has 1 N–H and O–H groups in total. The molecule has 0 aliphatic carbocycles. The molecular formula is C19H18N4O4S. The summed E-state index contributed by atoms with van der Waals surface area (Å²) in [7, 11) is -3.53. The van der Waals surface area contributed by atoms with Gasteiger partial charge in [-0.2, -0.15) is 4.31 Å². The van der Waals surface area contributed by atoms with Crippen molar-refractivity contribution in [3.05, 3.63) is 60.5 Å². The van der Waals surface area contributed by atoms with Crippen LogP contribution in [0.25, 0.3) is 11.5 Å². The van der Waals surface area contributed by atoms with E-state index in [1.807, 2.05) is 0 Å². The van der Waals surface area contributed by atoms with Crippen LogP contribution < -0.4 is 5.32 Å². The first kappa shape index (κ1) is 18.3. The molecule has 1 aliphatic rings. The van der Waals surface area contributed by atoms with E-state index in [0.29, 0.717) is 35.8 Å². The number of anilines is 1. The van der Waals surface area contributed by atoms with E-state index in [1.54, 1.807) is 42.5 Å². The predicted molar refractivity (Wildman–Crippen MR) is 102 cm³/mol. The van der Waals surface area contributed by atoms with Crippen LogP contribution in [0.2, 0.25) is 0 Å². The minimum absolute atomic E-state index is 0.180. The second kappa shape index (κ2) is 7.53. The molecule has 28 heavy (non-hydrogen) atoms. The number of benzene rings is 2. The molecule has 9 heteroatoms. The van der Waals surface area contributed by atoms with Crippen LogP contribution in [0, 0.1) is 0 Å². The molecule has 1 aromatic heterocycles. The van der Waals surface area contributed by atoms with E-state index in [2.05, 4.69) is 15.5 Å². The van der Waals surface area contributed by atoms with E-state index in [4.69, 9.17) is 4.42 Å². The molecule has 0 bridgehead atoms. The number of carbonyl (C=O) groups is 1. The Morgan fingerprint density at radius 2 is 1.82 bits per heavy atom. The highest BCUT2D eigenvalue weighted by molar-refractivity contribution is 7.89. The first-order valence-electron chi connectivity index (χ1n) is 8.82. The molecule has 0 radical (unpaired) electrons. The Morgan fingerprint density at radius 3 is 2.50 bits per heavy atom. The maximum atomic E-state index is 12.7. The summed E-state index contributed by atoms with van der Waals surface area (Å²) >= 11 is 0. The second-order valence-electron chi connectivity index (χ2n) is 6.41. The molecule has 2 aromatic carbocycles. The Balaban J connectivity index is 1.50. The van der Waals surface area contributed by atoms with Crippen LogP contribution in [0.4, 0.5) is 5.69 Å². The number of carbonyl (C=O) groups excluding carboxylic acids is 1. The molecular weight excluding hydrogens is 380 g/mol. The van der Waals surface area contributed by atoms with Gasteiger partial charge in [-0.25, -0.2) is 8.42 Å². The van der Waals surface area contributed by atoms with Gasteiger partial charge in [0, 0.05) is 29.9 Å². The van der Waals surface area contributed by atoms with Crippen LogP contribution in [0.5, 0.6) is 0 Å². The zero-order valence-corrected chi connectivity index (χ0v) is 15.7. The first-order chi connectivity index (χ1) is 13.5. The highest BCUT2D eigenvalue weighted by Gasteiger charge is 2.27. The Labute approximate surface area is 162 Å². The fourth-order valence-corrected chi connectivity index (χ4v) is 4.64. The summed E-state index contributed by atoms with van der Waals surface area (Å²) in [6.45, 7) is 1.07. The molecule has 1 amide bonds. The zero-order valence-electron chi connectivity index (χ0n) is 14.9. The van der Waals surface area contributed by atoms with Crippen LogP contribution in [0.15, 0.2) is 64.2 Å². The van der Waals surface area contributed by atoms with Gasteiger partial charge in [0.05, 0.1) is 4.90 Å². The van der Waals surface area contributed by atoms with Gasteiger partial charge in [0.15, 0.2) is 0 Å². The molecule has 8 nitrogen and oxygen atoms in total. The Hall–Kier alpha value is -3.04. The monoisotopic (exact) mass is 398 g/mol. The number of hydrogen-bond donors (Lipinski definition) is 1. The summed E-state index contributed by atoms with van der Waals surface area (Å²) in [5.41, 5.74) is 1.55. The van der Waals surface area contributed by atoms with Gasteiger partial charge in [0.1, 0.15) is 0 Å². The minimum Gasteiger partial charge on any atom is -0.423 e. The molecule has 0 atom stereocenters. The normalized spacial score (nSPS) is 14.9. The van der Waals surface area contributed by atoms with Gasteiger partial charge in [0.2, 0.25) is 22.3 Å². The third kappa shape index (κ3) is 3.67. The van der Waals surface area contributed by atoms with Crippen molar-refractivity contribution in [3.63, 3.8) is 0 Å². The lowest BCUT2D eigenvalue weighted by Crippen LogP contribution is -2.27. The fourth-order valence-electron chi connectivity index (χ4n) is 3.08. The van der Waals surface area contributed by atoms with Crippen molar-refractivity contribution < 1.29 is 17.6 Å². The summed E-state index contributed by atoms with van der Waals surface area (Å²) < 4.78 is 32.0. The van der Waals surface area contributed by atoms with Gasteiger partial charge >= 0.3 is 0 Å². The quantitative estimate of drug-likeness (QED) is 0.708. The maximum Gasteiger partial charge on any atom is 0.255 e. The fraction of sp³-hybridized carbons (Fsp3) is 0.211. The van der Waals surface area contributed by atoms with Crippen molar-refractivity contribution in [2.75, 3.05) is 18.4 Å². The zero-order chi connectivity index (χ0) is 19.6. The third-order valence-corrected chi connectivity index (χ3v) is 6.44. The van der Waals surface area contributed by atoms with E-state index in [-0.39, 0.29) is 10.8 Å². The van der Waals surface area contributed by atoms with Gasteiger partial charge in [0.25, 0.3) is 5.91 Å². The van der Waals surface area contributed by atoms with E-state index in [0.717, 1.165) is 12.8 Å². The number of nitrogens with one attached hydrogen (secondary N) is 1. The van der Waals surface area contributed by atoms with Gasteiger partial charge in [-0.3, -0.25) is 4.79 Å². The van der Waals surface area contributed by atoms with E-state index < -0.39 is 10.0 Å².